The number of fused-ring (bicyclic) bond motifs is 1. The maximum Gasteiger partial charge on any atom is 0.573 e. The van der Waals surface area contributed by atoms with Gasteiger partial charge in [-0.2, -0.15) is 0 Å². The van der Waals surface area contributed by atoms with Crippen LogP contribution in [-0.4, -0.2) is 30.8 Å². The molecule has 0 bridgehead atoms. The predicted molar refractivity (Wildman–Crippen MR) is 117 cm³/mol. The molecule has 0 saturated heterocycles. The average Bonchev–Trinajstić information content (AvgIpc) is 3.14. The first-order valence-corrected chi connectivity index (χ1v) is 11.4. The summed E-state index contributed by atoms with van der Waals surface area (Å²) in [7, 11) is -2.10. The van der Waals surface area contributed by atoms with Crippen LogP contribution in [0.1, 0.15) is 16.7 Å². The van der Waals surface area contributed by atoms with Crippen LogP contribution in [0.4, 0.5) is 13.2 Å². The van der Waals surface area contributed by atoms with Gasteiger partial charge in [-0.25, -0.2) is 12.4 Å². The van der Waals surface area contributed by atoms with E-state index in [-0.39, 0.29) is 10.6 Å². The fourth-order valence-corrected chi connectivity index (χ4v) is 4.96. The van der Waals surface area contributed by atoms with E-state index in [2.05, 4.69) is 15.0 Å². The van der Waals surface area contributed by atoms with Crippen LogP contribution in [0.3, 0.4) is 0 Å². The molecule has 1 N–H and O–H groups in total. The lowest BCUT2D eigenvalue weighted by atomic mass is 10.0. The molecule has 172 valence electrons. The molecular formula is C23H20F3N3O3S. The van der Waals surface area contributed by atoms with Crippen LogP contribution in [0.15, 0.2) is 78.1 Å². The van der Waals surface area contributed by atoms with E-state index in [4.69, 9.17) is 0 Å². The maximum absolute atomic E-state index is 13.3. The van der Waals surface area contributed by atoms with Gasteiger partial charge in [0.15, 0.2) is 0 Å². The largest absolute Gasteiger partial charge is 0.573 e. The zero-order chi connectivity index (χ0) is 23.6. The van der Waals surface area contributed by atoms with Gasteiger partial charge in [-0.1, -0.05) is 24.3 Å². The van der Waals surface area contributed by atoms with Crippen molar-refractivity contribution in [3.8, 4) is 5.75 Å². The number of hydrogen-bond acceptors (Lipinski definition) is 5. The van der Waals surface area contributed by atoms with Crippen molar-refractivity contribution in [2.24, 2.45) is 0 Å². The second-order valence-electron chi connectivity index (χ2n) is 7.39. The molecule has 0 aliphatic rings. The number of nitrogens with zero attached hydrogens (tertiary/aromatic N) is 2. The third-order valence-corrected chi connectivity index (χ3v) is 6.70. The highest BCUT2D eigenvalue weighted by molar-refractivity contribution is 7.90. The van der Waals surface area contributed by atoms with Crippen molar-refractivity contribution >= 4 is 20.9 Å². The molecule has 0 aliphatic carbocycles. The van der Waals surface area contributed by atoms with Crippen LogP contribution in [0, 0.1) is 0 Å². The summed E-state index contributed by atoms with van der Waals surface area (Å²) in [4.78, 5) is 3.99. The van der Waals surface area contributed by atoms with Gasteiger partial charge in [0.2, 0.25) is 0 Å². The van der Waals surface area contributed by atoms with E-state index in [1.54, 1.807) is 37.5 Å². The molecule has 0 amide bonds. The first kappa shape index (κ1) is 22.8. The van der Waals surface area contributed by atoms with Crippen LogP contribution < -0.4 is 10.1 Å². The lowest BCUT2D eigenvalue weighted by Crippen LogP contribution is -2.17. The molecule has 0 unspecified atom stereocenters. The molecule has 0 radical (unpaired) electrons. The van der Waals surface area contributed by atoms with E-state index >= 15 is 0 Å². The van der Waals surface area contributed by atoms with Crippen molar-refractivity contribution in [1.29, 1.82) is 0 Å². The van der Waals surface area contributed by atoms with Crippen molar-refractivity contribution in [2.75, 3.05) is 7.05 Å². The molecule has 0 spiro atoms. The minimum Gasteiger partial charge on any atom is -0.406 e. The zero-order valence-corrected chi connectivity index (χ0v) is 18.3. The Bertz CT molecular complexity index is 1370. The minimum atomic E-state index is -4.75. The first-order chi connectivity index (χ1) is 15.7. The molecule has 2 aromatic heterocycles. The van der Waals surface area contributed by atoms with Crippen LogP contribution in [0.2, 0.25) is 0 Å². The smallest absolute Gasteiger partial charge is 0.406 e. The Kier molecular flexibility index (Phi) is 6.13. The number of aromatic nitrogens is 2. The molecule has 2 aromatic carbocycles. The molecule has 33 heavy (non-hydrogen) atoms. The summed E-state index contributed by atoms with van der Waals surface area (Å²) in [6.45, 7) is 0.478. The molecular weight excluding hydrogens is 455 g/mol. The van der Waals surface area contributed by atoms with E-state index in [9.17, 15) is 21.6 Å². The Labute approximate surface area is 188 Å². The summed E-state index contributed by atoms with van der Waals surface area (Å²) in [5.41, 5.74) is 2.90. The van der Waals surface area contributed by atoms with E-state index in [1.165, 1.54) is 34.6 Å². The van der Waals surface area contributed by atoms with Crippen LogP contribution >= 0.6 is 0 Å². The van der Waals surface area contributed by atoms with Gasteiger partial charge < -0.3 is 10.1 Å². The van der Waals surface area contributed by atoms with Gasteiger partial charge in [0, 0.05) is 30.5 Å². The van der Waals surface area contributed by atoms with Gasteiger partial charge in [-0.05, 0) is 60.5 Å². The molecule has 0 aliphatic heterocycles. The number of pyridine rings is 1. The van der Waals surface area contributed by atoms with Crippen molar-refractivity contribution < 1.29 is 26.3 Å². The highest BCUT2D eigenvalue weighted by Gasteiger charge is 2.31. The number of alkyl halides is 3. The normalized spacial score (nSPS) is 12.2. The number of hydrogen-bond donors (Lipinski definition) is 1. The fraction of sp³-hybridized carbons (Fsp3) is 0.174. The molecule has 0 fully saturated rings. The SMILES string of the molecule is CNCc1cn(S(=O)(=O)c2cccnc2)c2cc(Cc3ccc(OC(F)(F)F)cc3)ccc12. The summed E-state index contributed by atoms with van der Waals surface area (Å²) >= 11 is 0. The Morgan fingerprint density at radius 2 is 1.79 bits per heavy atom. The monoisotopic (exact) mass is 475 g/mol. The van der Waals surface area contributed by atoms with Crippen molar-refractivity contribution in [1.82, 2.24) is 14.3 Å². The molecule has 2 heterocycles. The third-order valence-electron chi connectivity index (χ3n) is 5.04. The summed E-state index contributed by atoms with van der Waals surface area (Å²) in [6.07, 6.45) is 0.0523. The average molecular weight is 475 g/mol. The second-order valence-corrected chi connectivity index (χ2v) is 9.21. The van der Waals surface area contributed by atoms with Gasteiger partial charge in [-0.15, -0.1) is 13.2 Å². The van der Waals surface area contributed by atoms with Gasteiger partial charge in [-0.3, -0.25) is 4.98 Å². The quantitative estimate of drug-likeness (QED) is 0.427. The van der Waals surface area contributed by atoms with E-state index in [0.717, 1.165) is 22.1 Å². The minimum absolute atomic E-state index is 0.0727. The highest BCUT2D eigenvalue weighted by Crippen LogP contribution is 2.28. The molecule has 10 heteroatoms. The Balaban J connectivity index is 1.71. The molecule has 4 rings (SSSR count). The second kappa shape index (κ2) is 8.87. The number of rotatable bonds is 7. The van der Waals surface area contributed by atoms with Crippen molar-refractivity contribution in [2.45, 2.75) is 24.2 Å². The fourth-order valence-electron chi connectivity index (χ4n) is 3.61. The summed E-state index contributed by atoms with van der Waals surface area (Å²) < 4.78 is 68.8. The van der Waals surface area contributed by atoms with Crippen LogP contribution in [-0.2, 0) is 23.0 Å². The number of nitrogens with one attached hydrogen (secondary N) is 1. The summed E-state index contributed by atoms with van der Waals surface area (Å²) in [5.74, 6) is -0.296. The summed E-state index contributed by atoms with van der Waals surface area (Å²) in [5, 5.41) is 3.83. The molecule has 4 aromatic rings. The zero-order valence-electron chi connectivity index (χ0n) is 17.5. The predicted octanol–water partition coefficient (Wildman–Crippen LogP) is 4.48. The number of ether oxygens (including phenoxy) is 1. The molecule has 0 atom stereocenters. The maximum atomic E-state index is 13.3. The Morgan fingerprint density at radius 3 is 2.42 bits per heavy atom. The van der Waals surface area contributed by atoms with Gasteiger partial charge in [0.1, 0.15) is 10.6 Å². The standard InChI is InChI=1S/C23H20F3N3O3S/c1-27-13-18-15-29(33(30,31)20-3-2-10-28-14-20)22-12-17(6-9-21(18)22)11-16-4-7-19(8-5-16)32-23(24,25)26/h2-10,12,14-15,27H,11,13H2,1H3. The van der Waals surface area contributed by atoms with E-state index in [1.807, 2.05) is 12.1 Å². The van der Waals surface area contributed by atoms with E-state index in [0.29, 0.717) is 18.5 Å². The molecule has 0 saturated carbocycles. The lowest BCUT2D eigenvalue weighted by Gasteiger charge is -2.10. The number of benzene rings is 2. The van der Waals surface area contributed by atoms with Crippen molar-refractivity contribution in [3.05, 3.63) is 89.9 Å². The summed E-state index contributed by atoms with van der Waals surface area (Å²) in [6, 6.07) is 14.2. The van der Waals surface area contributed by atoms with Gasteiger partial charge >= 0.3 is 6.36 Å². The number of halogens is 3. The third kappa shape index (κ3) is 5.01. The van der Waals surface area contributed by atoms with Gasteiger partial charge in [0.05, 0.1) is 5.52 Å². The van der Waals surface area contributed by atoms with Crippen molar-refractivity contribution in [3.63, 3.8) is 0 Å². The highest BCUT2D eigenvalue weighted by atomic mass is 32.2. The first-order valence-electron chi connectivity index (χ1n) is 9.95. The topological polar surface area (TPSA) is 73.2 Å². The lowest BCUT2D eigenvalue weighted by molar-refractivity contribution is -0.274. The van der Waals surface area contributed by atoms with E-state index < -0.39 is 16.4 Å². The molecule has 6 nitrogen and oxygen atoms in total. The Morgan fingerprint density at radius 1 is 1.06 bits per heavy atom. The van der Waals surface area contributed by atoms with Crippen LogP contribution in [0.25, 0.3) is 10.9 Å². The van der Waals surface area contributed by atoms with Gasteiger partial charge in [0.25, 0.3) is 10.0 Å². The van der Waals surface area contributed by atoms with Crippen LogP contribution in [0.5, 0.6) is 5.75 Å². The Hall–Kier alpha value is -3.37.